The average molecular weight is 431 g/mol. The van der Waals surface area contributed by atoms with Gasteiger partial charge in [-0.2, -0.15) is 0 Å². The fraction of sp³-hybridized carbons (Fsp3) is 0.333. The first-order chi connectivity index (χ1) is 14.5. The van der Waals surface area contributed by atoms with Crippen LogP contribution in [0.4, 0.5) is 10.1 Å². The number of nitrogens with zero attached hydrogens (tertiary/aromatic N) is 2. The molecule has 1 aliphatic heterocycles. The number of hydrogen-bond donors (Lipinski definition) is 2. The van der Waals surface area contributed by atoms with Crippen molar-refractivity contribution in [1.29, 1.82) is 0 Å². The molecule has 3 rings (SSSR count). The summed E-state index contributed by atoms with van der Waals surface area (Å²) in [5, 5.41) is 5.62. The third-order valence-corrected chi connectivity index (χ3v) is 5.60. The molecule has 0 bridgehead atoms. The Hall–Kier alpha value is -2.94. The molecule has 30 heavy (non-hydrogen) atoms. The molecule has 1 aromatic carbocycles. The molecule has 158 valence electrons. The van der Waals surface area contributed by atoms with E-state index in [2.05, 4.69) is 15.6 Å². The normalized spacial score (nSPS) is 14.2. The standard InChI is InChI=1S/C21H23FN4O3S/c22-16-1-3-17(4-2-16)24-19(27)13-30-14-20(28)25-18-7-11-26(12-8-18)21(29)15-5-9-23-10-6-15/h1-6,9-10,18H,7-8,11-14H2,(H,24,27)(H,25,28). The van der Waals surface area contributed by atoms with Crippen LogP contribution in [-0.4, -0.2) is 58.2 Å². The number of aromatic nitrogens is 1. The van der Waals surface area contributed by atoms with E-state index in [0.717, 1.165) is 0 Å². The number of halogens is 1. The number of carbonyl (C=O) groups excluding carboxylic acids is 3. The van der Waals surface area contributed by atoms with Crippen molar-refractivity contribution >= 4 is 35.2 Å². The summed E-state index contributed by atoms with van der Waals surface area (Å²) in [5.41, 5.74) is 1.13. The van der Waals surface area contributed by atoms with Crippen LogP contribution in [0.1, 0.15) is 23.2 Å². The van der Waals surface area contributed by atoms with Gasteiger partial charge in [-0.3, -0.25) is 19.4 Å². The Morgan fingerprint density at radius 1 is 1.00 bits per heavy atom. The molecule has 3 amide bonds. The van der Waals surface area contributed by atoms with Crippen LogP contribution in [0.25, 0.3) is 0 Å². The number of nitrogens with one attached hydrogen (secondary N) is 2. The predicted octanol–water partition coefficient (Wildman–Crippen LogP) is 2.31. The fourth-order valence-electron chi connectivity index (χ4n) is 3.14. The molecule has 0 atom stereocenters. The van der Waals surface area contributed by atoms with Crippen molar-refractivity contribution in [3.05, 3.63) is 60.2 Å². The first-order valence-corrected chi connectivity index (χ1v) is 10.8. The van der Waals surface area contributed by atoms with Gasteiger partial charge in [-0.25, -0.2) is 4.39 Å². The smallest absolute Gasteiger partial charge is 0.253 e. The number of thioether (sulfide) groups is 1. The van der Waals surface area contributed by atoms with Crippen molar-refractivity contribution < 1.29 is 18.8 Å². The van der Waals surface area contributed by atoms with E-state index < -0.39 is 0 Å². The van der Waals surface area contributed by atoms with Crippen molar-refractivity contribution in [3.8, 4) is 0 Å². The van der Waals surface area contributed by atoms with Crippen LogP contribution in [0.2, 0.25) is 0 Å². The van der Waals surface area contributed by atoms with E-state index in [1.165, 1.54) is 36.0 Å². The number of pyridine rings is 1. The zero-order valence-electron chi connectivity index (χ0n) is 16.3. The van der Waals surface area contributed by atoms with Crippen molar-refractivity contribution in [3.63, 3.8) is 0 Å². The second kappa shape index (κ2) is 10.7. The zero-order chi connectivity index (χ0) is 21.3. The number of rotatable bonds is 7. The molecule has 0 radical (unpaired) electrons. The number of anilines is 1. The van der Waals surface area contributed by atoms with E-state index in [1.54, 1.807) is 29.4 Å². The minimum atomic E-state index is -0.369. The Morgan fingerprint density at radius 2 is 1.63 bits per heavy atom. The first kappa shape index (κ1) is 21.8. The minimum Gasteiger partial charge on any atom is -0.353 e. The van der Waals surface area contributed by atoms with Gasteiger partial charge >= 0.3 is 0 Å². The summed E-state index contributed by atoms with van der Waals surface area (Å²) in [5.74, 6) is -0.469. The van der Waals surface area contributed by atoms with E-state index in [1.807, 2.05) is 0 Å². The molecule has 1 saturated heterocycles. The molecule has 0 saturated carbocycles. The van der Waals surface area contributed by atoms with Gasteiger partial charge in [-0.15, -0.1) is 11.8 Å². The number of benzene rings is 1. The summed E-state index contributed by atoms with van der Waals surface area (Å²) >= 11 is 1.21. The molecule has 2 N–H and O–H groups in total. The number of piperidine rings is 1. The summed E-state index contributed by atoms with van der Waals surface area (Å²) in [6, 6.07) is 8.91. The third kappa shape index (κ3) is 6.55. The van der Waals surface area contributed by atoms with Gasteiger partial charge in [0.2, 0.25) is 11.8 Å². The van der Waals surface area contributed by atoms with E-state index >= 15 is 0 Å². The number of hydrogen-bond acceptors (Lipinski definition) is 5. The van der Waals surface area contributed by atoms with Gasteiger partial charge in [0.25, 0.3) is 5.91 Å². The molecule has 0 unspecified atom stereocenters. The average Bonchev–Trinajstić information content (AvgIpc) is 2.76. The van der Waals surface area contributed by atoms with Crippen LogP contribution in [0.5, 0.6) is 0 Å². The Labute approximate surface area is 178 Å². The van der Waals surface area contributed by atoms with Crippen LogP contribution in [-0.2, 0) is 9.59 Å². The highest BCUT2D eigenvalue weighted by molar-refractivity contribution is 8.00. The Morgan fingerprint density at radius 3 is 2.30 bits per heavy atom. The van der Waals surface area contributed by atoms with Crippen LogP contribution in [0.15, 0.2) is 48.8 Å². The lowest BCUT2D eigenvalue weighted by molar-refractivity contribution is -0.119. The SMILES string of the molecule is O=C(CSCC(=O)NC1CCN(C(=O)c2ccncc2)CC1)Nc1ccc(F)cc1. The summed E-state index contributed by atoms with van der Waals surface area (Å²) in [6.07, 6.45) is 4.58. The lowest BCUT2D eigenvalue weighted by atomic mass is 10.0. The van der Waals surface area contributed by atoms with Gasteiger partial charge in [0.1, 0.15) is 5.82 Å². The van der Waals surface area contributed by atoms with Gasteiger partial charge < -0.3 is 15.5 Å². The van der Waals surface area contributed by atoms with E-state index in [9.17, 15) is 18.8 Å². The molecule has 0 aliphatic carbocycles. The highest BCUT2D eigenvalue weighted by Gasteiger charge is 2.24. The van der Waals surface area contributed by atoms with Crippen molar-refractivity contribution in [1.82, 2.24) is 15.2 Å². The van der Waals surface area contributed by atoms with Crippen LogP contribution < -0.4 is 10.6 Å². The van der Waals surface area contributed by atoms with Gasteiger partial charge in [0.15, 0.2) is 0 Å². The fourth-order valence-corrected chi connectivity index (χ4v) is 3.77. The predicted molar refractivity (Wildman–Crippen MR) is 114 cm³/mol. The maximum atomic E-state index is 12.9. The summed E-state index contributed by atoms with van der Waals surface area (Å²) in [4.78, 5) is 42.2. The number of carbonyl (C=O) groups is 3. The Balaban J connectivity index is 1.32. The van der Waals surface area contributed by atoms with Crippen LogP contribution in [0, 0.1) is 5.82 Å². The Bertz CT molecular complexity index is 872. The quantitative estimate of drug-likeness (QED) is 0.704. The van der Waals surface area contributed by atoms with E-state index in [-0.39, 0.29) is 41.1 Å². The maximum absolute atomic E-state index is 12.9. The number of amides is 3. The highest BCUT2D eigenvalue weighted by atomic mass is 32.2. The molecular formula is C21H23FN4O3S. The monoisotopic (exact) mass is 430 g/mol. The third-order valence-electron chi connectivity index (χ3n) is 4.67. The summed E-state index contributed by atoms with van der Waals surface area (Å²) in [7, 11) is 0. The largest absolute Gasteiger partial charge is 0.353 e. The van der Waals surface area contributed by atoms with Crippen molar-refractivity contribution in [2.45, 2.75) is 18.9 Å². The molecule has 1 fully saturated rings. The molecule has 9 heteroatoms. The summed E-state index contributed by atoms with van der Waals surface area (Å²) < 4.78 is 12.9. The van der Waals surface area contributed by atoms with E-state index in [4.69, 9.17) is 0 Å². The van der Waals surface area contributed by atoms with Gasteiger partial charge in [-0.1, -0.05) is 0 Å². The van der Waals surface area contributed by atoms with Crippen LogP contribution in [0.3, 0.4) is 0 Å². The molecule has 7 nitrogen and oxygen atoms in total. The molecule has 2 heterocycles. The van der Waals surface area contributed by atoms with Crippen molar-refractivity contribution in [2.75, 3.05) is 29.9 Å². The number of likely N-dealkylation sites (tertiary alicyclic amines) is 1. The van der Waals surface area contributed by atoms with Crippen LogP contribution >= 0.6 is 11.8 Å². The zero-order valence-corrected chi connectivity index (χ0v) is 17.2. The maximum Gasteiger partial charge on any atom is 0.253 e. The topological polar surface area (TPSA) is 91.4 Å². The van der Waals surface area contributed by atoms with Crippen molar-refractivity contribution in [2.24, 2.45) is 0 Å². The first-order valence-electron chi connectivity index (χ1n) is 9.63. The van der Waals surface area contributed by atoms with Gasteiger partial charge in [0, 0.05) is 42.8 Å². The summed E-state index contributed by atoms with van der Waals surface area (Å²) in [6.45, 7) is 1.17. The second-order valence-corrected chi connectivity index (χ2v) is 7.90. The van der Waals surface area contributed by atoms with Gasteiger partial charge in [0.05, 0.1) is 11.5 Å². The highest BCUT2D eigenvalue weighted by Crippen LogP contribution is 2.14. The molecule has 0 spiro atoms. The Kier molecular flexibility index (Phi) is 7.78. The lowest BCUT2D eigenvalue weighted by Gasteiger charge is -2.32. The second-order valence-electron chi connectivity index (χ2n) is 6.92. The lowest BCUT2D eigenvalue weighted by Crippen LogP contribution is -2.47. The molecule has 1 aliphatic rings. The molecule has 1 aromatic heterocycles. The van der Waals surface area contributed by atoms with Gasteiger partial charge in [-0.05, 0) is 49.2 Å². The van der Waals surface area contributed by atoms with E-state index in [0.29, 0.717) is 37.2 Å². The molecular weight excluding hydrogens is 407 g/mol. The minimum absolute atomic E-state index is 0.0210. The molecule has 2 aromatic rings.